The maximum Gasteiger partial charge on any atom is 0.387 e. The first-order valence-electron chi connectivity index (χ1n) is 23.5. The lowest BCUT2D eigenvalue weighted by molar-refractivity contribution is -0.159. The van der Waals surface area contributed by atoms with Gasteiger partial charge < -0.3 is 24.3 Å². The van der Waals surface area contributed by atoms with E-state index in [1.54, 1.807) is 18.2 Å². The minimum atomic E-state index is -4.28. The standard InChI is InChI=1S/C52H52Cl2F2N4O9S/c53-42-28-57-29-43(54)41(42)26-46(36-13-18-45(69-52(55)56)47(25-36)66-31-32-11-12-32)68-51(63)44-10-5-21-60(44)70(64,65)39-16-14-38(15-17-39)58-50(62)37-9-4-8-35(24-37)40(33-6-2-1-3-7-33)27-49(61)67-48-30-59-22-19-34(48)20-23-59/h1-4,6-9,13-18,24-25,28-29,32,34,40,44,46,48,52H,5,10-12,19-23,26-27,30-31H2,(H,58,62)/t40-,44-,46-,48-/m0/s1. The van der Waals surface area contributed by atoms with Gasteiger partial charge in [0.25, 0.3) is 5.91 Å². The zero-order chi connectivity index (χ0) is 48.9. The second kappa shape index (κ2) is 21.8. The van der Waals surface area contributed by atoms with Gasteiger partial charge in [-0.25, -0.2) is 8.42 Å². The molecule has 4 aromatic carbocycles. The summed E-state index contributed by atoms with van der Waals surface area (Å²) in [6, 6.07) is 25.4. The molecule has 0 unspecified atom stereocenters. The van der Waals surface area contributed by atoms with E-state index in [-0.39, 0.29) is 82.8 Å². The number of aromatic nitrogens is 1. The van der Waals surface area contributed by atoms with Gasteiger partial charge >= 0.3 is 18.6 Å². The Balaban J connectivity index is 0.886. The van der Waals surface area contributed by atoms with Crippen molar-refractivity contribution in [1.29, 1.82) is 0 Å². The number of hydrogen-bond acceptors (Lipinski definition) is 11. The molecule has 1 aromatic heterocycles. The van der Waals surface area contributed by atoms with E-state index in [9.17, 15) is 31.6 Å². The lowest BCUT2D eigenvalue weighted by atomic mass is 9.85. The van der Waals surface area contributed by atoms with Gasteiger partial charge in [0.2, 0.25) is 10.0 Å². The molecule has 18 heteroatoms. The van der Waals surface area contributed by atoms with E-state index < -0.39 is 40.7 Å². The van der Waals surface area contributed by atoms with Gasteiger partial charge in [0.1, 0.15) is 18.2 Å². The number of carbonyl (C=O) groups excluding carboxylic acids is 3. The van der Waals surface area contributed by atoms with E-state index in [4.69, 9.17) is 42.1 Å². The number of piperidine rings is 3. The lowest BCUT2D eigenvalue weighted by Gasteiger charge is -2.44. The van der Waals surface area contributed by atoms with Crippen molar-refractivity contribution in [2.45, 2.75) is 87.0 Å². The third-order valence-corrected chi connectivity index (χ3v) is 16.1. The van der Waals surface area contributed by atoms with Gasteiger partial charge in [0, 0.05) is 49.1 Å². The third-order valence-electron chi connectivity index (χ3n) is 13.5. The highest BCUT2D eigenvalue weighted by Gasteiger charge is 2.42. The third kappa shape index (κ3) is 11.7. The van der Waals surface area contributed by atoms with Gasteiger partial charge in [-0.15, -0.1) is 0 Å². The van der Waals surface area contributed by atoms with Crippen LogP contribution in [0.5, 0.6) is 11.5 Å². The maximum atomic E-state index is 14.2. The number of carbonyl (C=O) groups is 3. The van der Waals surface area contributed by atoms with Crippen LogP contribution in [-0.2, 0) is 35.5 Å². The first-order valence-corrected chi connectivity index (χ1v) is 25.7. The molecular formula is C52H52Cl2F2N4O9S. The first kappa shape index (κ1) is 49.3. The fourth-order valence-corrected chi connectivity index (χ4v) is 11.7. The summed E-state index contributed by atoms with van der Waals surface area (Å²) in [5.74, 6) is -1.44. The number of hydrogen-bond donors (Lipinski definition) is 1. The van der Waals surface area contributed by atoms with Crippen LogP contribution in [0.2, 0.25) is 10.0 Å². The molecule has 1 amide bonds. The number of esters is 2. The zero-order valence-corrected chi connectivity index (χ0v) is 40.4. The molecule has 1 aliphatic carbocycles. The summed E-state index contributed by atoms with van der Waals surface area (Å²) in [6.07, 6.45) is 6.02. The molecule has 5 fully saturated rings. The number of sulfonamides is 1. The number of pyridine rings is 1. The Morgan fingerprint density at radius 2 is 1.53 bits per heavy atom. The van der Waals surface area contributed by atoms with E-state index in [1.165, 1.54) is 54.9 Å². The molecule has 13 nitrogen and oxygen atoms in total. The molecule has 4 saturated heterocycles. The summed E-state index contributed by atoms with van der Waals surface area (Å²) >= 11 is 13.0. The van der Waals surface area contributed by atoms with E-state index in [0.29, 0.717) is 34.7 Å². The normalized spacial score (nSPS) is 20.9. The number of anilines is 1. The van der Waals surface area contributed by atoms with E-state index in [1.807, 2.05) is 36.4 Å². The summed E-state index contributed by atoms with van der Waals surface area (Å²) in [5, 5.41) is 3.24. The number of ether oxygens (including phenoxy) is 4. The SMILES string of the molecule is O=C(C[C@@H](c1ccccc1)c1cccc(C(=O)Nc2ccc(S(=O)(=O)N3CCC[C@H]3C(=O)O[C@@H](Cc3c(Cl)cncc3Cl)c3ccc(OC(F)F)c(OCC4CC4)c3)cc2)c1)O[C@H]1CN2CCC1CC2. The quantitative estimate of drug-likeness (QED) is 0.0787. The minimum Gasteiger partial charge on any atom is -0.489 e. The van der Waals surface area contributed by atoms with Crippen molar-refractivity contribution in [2.24, 2.45) is 11.8 Å². The molecule has 5 aromatic rings. The molecule has 5 aliphatic rings. The Morgan fingerprint density at radius 1 is 0.800 bits per heavy atom. The average Bonchev–Trinajstić information content (AvgIpc) is 4.05. The average molecular weight is 1020 g/mol. The molecular weight excluding hydrogens is 966 g/mol. The number of nitrogens with one attached hydrogen (secondary N) is 1. The Kier molecular flexibility index (Phi) is 15.3. The van der Waals surface area contributed by atoms with Gasteiger partial charge in [-0.2, -0.15) is 13.1 Å². The van der Waals surface area contributed by atoms with Gasteiger partial charge in [-0.3, -0.25) is 24.3 Å². The zero-order valence-electron chi connectivity index (χ0n) is 38.1. The highest BCUT2D eigenvalue weighted by Crippen LogP contribution is 2.40. The molecule has 5 heterocycles. The van der Waals surface area contributed by atoms with Crippen LogP contribution in [0.1, 0.15) is 89.6 Å². The summed E-state index contributed by atoms with van der Waals surface area (Å²) in [4.78, 5) is 47.6. The van der Waals surface area contributed by atoms with Gasteiger partial charge in [-0.05, 0) is 134 Å². The Morgan fingerprint density at radius 3 is 2.21 bits per heavy atom. The van der Waals surface area contributed by atoms with Crippen molar-refractivity contribution in [3.63, 3.8) is 0 Å². The van der Waals surface area contributed by atoms with Crippen molar-refractivity contribution in [2.75, 3.05) is 38.1 Å². The highest BCUT2D eigenvalue weighted by molar-refractivity contribution is 7.89. The second-order valence-electron chi connectivity index (χ2n) is 18.3. The maximum absolute atomic E-state index is 14.2. The van der Waals surface area contributed by atoms with Gasteiger partial charge in [0.15, 0.2) is 11.5 Å². The van der Waals surface area contributed by atoms with Crippen molar-refractivity contribution in [3.05, 3.63) is 147 Å². The van der Waals surface area contributed by atoms with Crippen LogP contribution in [0.4, 0.5) is 14.5 Å². The van der Waals surface area contributed by atoms with Crippen LogP contribution >= 0.6 is 23.2 Å². The summed E-state index contributed by atoms with van der Waals surface area (Å²) in [6.45, 7) is 0.0232. The summed E-state index contributed by atoms with van der Waals surface area (Å²) in [5.41, 5.74) is 3.08. The van der Waals surface area contributed by atoms with Crippen LogP contribution < -0.4 is 14.8 Å². The monoisotopic (exact) mass is 1020 g/mol. The fraction of sp³-hybridized carbons (Fsp3) is 0.385. The molecule has 0 spiro atoms. The molecule has 10 rings (SSSR count). The first-order chi connectivity index (χ1) is 33.8. The number of fused-ring (bicyclic) bond motifs is 3. The molecule has 4 atom stereocenters. The van der Waals surface area contributed by atoms with Crippen molar-refractivity contribution in [1.82, 2.24) is 14.2 Å². The predicted molar refractivity (Wildman–Crippen MR) is 258 cm³/mol. The number of alkyl halides is 2. The van der Waals surface area contributed by atoms with Crippen molar-refractivity contribution >= 4 is 56.8 Å². The van der Waals surface area contributed by atoms with E-state index in [0.717, 1.165) is 60.7 Å². The van der Waals surface area contributed by atoms with Crippen LogP contribution in [0.15, 0.2) is 114 Å². The summed E-state index contributed by atoms with van der Waals surface area (Å²) < 4.78 is 79.2. The van der Waals surface area contributed by atoms with Crippen LogP contribution in [-0.4, -0.2) is 92.0 Å². The van der Waals surface area contributed by atoms with Gasteiger partial charge in [-0.1, -0.05) is 71.7 Å². The van der Waals surface area contributed by atoms with E-state index in [2.05, 4.69) is 15.2 Å². The van der Waals surface area contributed by atoms with Crippen molar-refractivity contribution in [3.8, 4) is 11.5 Å². The molecule has 4 aliphatic heterocycles. The number of rotatable bonds is 19. The largest absolute Gasteiger partial charge is 0.489 e. The van der Waals surface area contributed by atoms with Gasteiger partial charge in [0.05, 0.1) is 28.0 Å². The predicted octanol–water partition coefficient (Wildman–Crippen LogP) is 9.87. The number of amides is 1. The number of halogens is 4. The minimum absolute atomic E-state index is 0.0288. The topological polar surface area (TPSA) is 154 Å². The van der Waals surface area contributed by atoms with Crippen molar-refractivity contribution < 1.29 is 50.5 Å². The summed E-state index contributed by atoms with van der Waals surface area (Å²) in [7, 11) is -4.28. The Labute approximate surface area is 415 Å². The molecule has 0 radical (unpaired) electrons. The molecule has 368 valence electrons. The van der Waals surface area contributed by atoms with Crippen LogP contribution in [0, 0.1) is 11.8 Å². The second-order valence-corrected chi connectivity index (χ2v) is 21.0. The smallest absolute Gasteiger partial charge is 0.387 e. The van der Waals surface area contributed by atoms with E-state index >= 15 is 0 Å². The fourth-order valence-electron chi connectivity index (χ4n) is 9.54. The highest BCUT2D eigenvalue weighted by atomic mass is 35.5. The number of nitrogens with zero attached hydrogens (tertiary/aromatic N) is 3. The Bertz CT molecular complexity index is 2780. The molecule has 1 saturated carbocycles. The number of benzene rings is 4. The Hall–Kier alpha value is -5.65. The molecule has 70 heavy (non-hydrogen) atoms. The molecule has 1 N–H and O–H groups in total. The van der Waals surface area contributed by atoms with Crippen LogP contribution in [0.3, 0.4) is 0 Å². The molecule has 2 bridgehead atoms. The van der Waals surface area contributed by atoms with Crippen LogP contribution in [0.25, 0.3) is 0 Å². The lowest BCUT2D eigenvalue weighted by Crippen LogP contribution is -2.52.